The molecule has 21 heavy (non-hydrogen) atoms. The highest BCUT2D eigenvalue weighted by molar-refractivity contribution is 6.20. The Bertz CT molecular complexity index is 826. The van der Waals surface area contributed by atoms with Crippen molar-refractivity contribution in [1.29, 1.82) is 0 Å². The van der Waals surface area contributed by atoms with Gasteiger partial charge < -0.3 is 13.9 Å². The molecule has 4 rings (SSSR count). The first kappa shape index (κ1) is 12.5. The van der Waals surface area contributed by atoms with E-state index in [1.54, 1.807) is 0 Å². The van der Waals surface area contributed by atoms with E-state index in [-0.39, 0.29) is 12.2 Å². The van der Waals surface area contributed by atoms with Crippen molar-refractivity contribution in [2.45, 2.75) is 12.3 Å². The molecule has 1 aromatic carbocycles. The Morgan fingerprint density at radius 1 is 1.19 bits per heavy atom. The van der Waals surface area contributed by atoms with Crippen LogP contribution in [0, 0.1) is 0 Å². The second-order valence-electron chi connectivity index (χ2n) is 4.96. The summed E-state index contributed by atoms with van der Waals surface area (Å²) in [5, 5.41) is -0.150. The van der Waals surface area contributed by atoms with E-state index < -0.39 is 0 Å². The molecule has 106 valence electrons. The van der Waals surface area contributed by atoms with Crippen molar-refractivity contribution >= 4 is 17.2 Å². The van der Waals surface area contributed by atoms with Gasteiger partial charge in [-0.15, -0.1) is 11.6 Å². The molecule has 0 saturated carbocycles. The van der Waals surface area contributed by atoms with E-state index in [1.165, 1.54) is 0 Å². The second kappa shape index (κ2) is 4.67. The van der Waals surface area contributed by atoms with Crippen LogP contribution in [0.25, 0.3) is 16.9 Å². The van der Waals surface area contributed by atoms with Gasteiger partial charge in [-0.05, 0) is 37.3 Å². The molecule has 0 radical (unpaired) electrons. The molecule has 0 amide bonds. The number of hydrogen-bond acceptors (Lipinski definition) is 3. The molecule has 1 atom stereocenters. The van der Waals surface area contributed by atoms with E-state index in [9.17, 15) is 0 Å². The van der Waals surface area contributed by atoms with Gasteiger partial charge in [-0.1, -0.05) is 6.07 Å². The number of halogens is 1. The van der Waals surface area contributed by atoms with Gasteiger partial charge in [0.2, 0.25) is 6.79 Å². The van der Waals surface area contributed by atoms with Gasteiger partial charge in [0.15, 0.2) is 11.5 Å². The number of hydrogen-bond donors (Lipinski definition) is 0. The average molecular weight is 301 g/mol. The lowest BCUT2D eigenvalue weighted by atomic mass is 10.1. The molecule has 1 aliphatic rings. The van der Waals surface area contributed by atoms with Crippen LogP contribution in [0.15, 0.2) is 42.6 Å². The molecule has 5 heteroatoms. The second-order valence-corrected chi connectivity index (χ2v) is 5.61. The number of rotatable bonds is 2. The molecule has 0 saturated heterocycles. The fourth-order valence-corrected chi connectivity index (χ4v) is 2.86. The molecule has 0 spiro atoms. The molecule has 0 N–H and O–H groups in total. The van der Waals surface area contributed by atoms with Crippen LogP contribution >= 0.6 is 11.6 Å². The highest BCUT2D eigenvalue weighted by atomic mass is 35.5. The van der Waals surface area contributed by atoms with Crippen LogP contribution in [0.2, 0.25) is 0 Å². The minimum atomic E-state index is -0.150. The summed E-state index contributed by atoms with van der Waals surface area (Å²) in [7, 11) is 0. The van der Waals surface area contributed by atoms with E-state index >= 15 is 0 Å². The Hall–Kier alpha value is -2.20. The largest absolute Gasteiger partial charge is 0.454 e. The maximum Gasteiger partial charge on any atom is 0.231 e. The van der Waals surface area contributed by atoms with E-state index in [1.807, 2.05) is 53.9 Å². The number of alkyl halides is 1. The van der Waals surface area contributed by atoms with Crippen LogP contribution in [0.4, 0.5) is 0 Å². The molecule has 3 heterocycles. The molecule has 0 aliphatic carbocycles. The van der Waals surface area contributed by atoms with Gasteiger partial charge >= 0.3 is 0 Å². The van der Waals surface area contributed by atoms with Crippen molar-refractivity contribution in [3.05, 3.63) is 48.3 Å². The Labute approximate surface area is 126 Å². The molecule has 0 bridgehead atoms. The van der Waals surface area contributed by atoms with Crippen molar-refractivity contribution in [3.8, 4) is 22.8 Å². The van der Waals surface area contributed by atoms with Crippen LogP contribution < -0.4 is 9.47 Å². The lowest BCUT2D eigenvalue weighted by Crippen LogP contribution is -1.95. The molecule has 1 unspecified atom stereocenters. The summed E-state index contributed by atoms with van der Waals surface area (Å²) in [6, 6.07) is 11.8. The van der Waals surface area contributed by atoms with Gasteiger partial charge in [0.1, 0.15) is 5.65 Å². The first-order valence-corrected chi connectivity index (χ1v) is 7.19. The summed E-state index contributed by atoms with van der Waals surface area (Å²) in [4.78, 5) is 4.71. The zero-order valence-corrected chi connectivity index (χ0v) is 12.2. The monoisotopic (exact) mass is 300 g/mol. The maximum atomic E-state index is 6.38. The summed E-state index contributed by atoms with van der Waals surface area (Å²) >= 11 is 6.38. The summed E-state index contributed by atoms with van der Waals surface area (Å²) < 4.78 is 12.8. The zero-order valence-electron chi connectivity index (χ0n) is 11.4. The molecule has 3 aromatic rings. The third-order valence-corrected chi connectivity index (χ3v) is 3.80. The summed E-state index contributed by atoms with van der Waals surface area (Å²) in [5.41, 5.74) is 3.71. The number of imidazole rings is 1. The van der Waals surface area contributed by atoms with Gasteiger partial charge in [0.05, 0.1) is 16.8 Å². The van der Waals surface area contributed by atoms with Gasteiger partial charge in [-0.25, -0.2) is 4.98 Å². The van der Waals surface area contributed by atoms with Crippen LogP contribution in [0.5, 0.6) is 11.5 Å². The first-order chi connectivity index (χ1) is 10.2. The topological polar surface area (TPSA) is 35.8 Å². The van der Waals surface area contributed by atoms with Crippen LogP contribution in [0.3, 0.4) is 0 Å². The summed E-state index contributed by atoms with van der Waals surface area (Å²) in [6.07, 6.45) is 1.98. The number of fused-ring (bicyclic) bond motifs is 2. The summed E-state index contributed by atoms with van der Waals surface area (Å²) in [5.74, 6) is 1.51. The van der Waals surface area contributed by atoms with Crippen LogP contribution in [-0.4, -0.2) is 16.2 Å². The Balaban J connectivity index is 1.95. The van der Waals surface area contributed by atoms with E-state index in [0.29, 0.717) is 0 Å². The van der Waals surface area contributed by atoms with Crippen molar-refractivity contribution in [3.63, 3.8) is 0 Å². The van der Waals surface area contributed by atoms with Crippen molar-refractivity contribution < 1.29 is 9.47 Å². The normalized spacial score (nSPS) is 14.6. The molecule has 0 fully saturated rings. The molecular formula is C16H13ClN2O2. The SMILES string of the molecule is CC(Cl)c1c(-c2ccc3c(c2)OCO3)nc2ccccn12. The third-order valence-electron chi connectivity index (χ3n) is 3.59. The van der Waals surface area contributed by atoms with Crippen molar-refractivity contribution in [2.24, 2.45) is 0 Å². The van der Waals surface area contributed by atoms with E-state index in [0.717, 1.165) is 34.1 Å². The van der Waals surface area contributed by atoms with Gasteiger partial charge in [-0.2, -0.15) is 0 Å². The third kappa shape index (κ3) is 1.94. The molecule has 1 aliphatic heterocycles. The predicted octanol–water partition coefficient (Wildman–Crippen LogP) is 4.03. The Morgan fingerprint density at radius 2 is 2.05 bits per heavy atom. The number of ether oxygens (including phenoxy) is 2. The van der Waals surface area contributed by atoms with Gasteiger partial charge in [0.25, 0.3) is 0 Å². The standard InChI is InChI=1S/C16H13ClN2O2/c1-10(17)16-15(18-14-4-2-3-7-19(14)16)11-5-6-12-13(8-11)21-9-20-12/h2-8,10H,9H2,1H3. The van der Waals surface area contributed by atoms with E-state index in [2.05, 4.69) is 0 Å². The van der Waals surface area contributed by atoms with Crippen LogP contribution in [-0.2, 0) is 0 Å². The fraction of sp³-hybridized carbons (Fsp3) is 0.188. The molecule has 4 nitrogen and oxygen atoms in total. The molecular weight excluding hydrogens is 288 g/mol. The summed E-state index contributed by atoms with van der Waals surface area (Å²) in [6.45, 7) is 2.22. The zero-order chi connectivity index (χ0) is 14.4. The quantitative estimate of drug-likeness (QED) is 0.670. The van der Waals surface area contributed by atoms with Gasteiger partial charge in [0, 0.05) is 11.8 Å². The minimum absolute atomic E-state index is 0.150. The number of nitrogens with zero attached hydrogens (tertiary/aromatic N) is 2. The first-order valence-electron chi connectivity index (χ1n) is 6.75. The Morgan fingerprint density at radius 3 is 2.90 bits per heavy atom. The van der Waals surface area contributed by atoms with Crippen LogP contribution in [0.1, 0.15) is 18.0 Å². The lowest BCUT2D eigenvalue weighted by Gasteiger charge is -2.07. The Kier molecular flexibility index (Phi) is 2.79. The van der Waals surface area contributed by atoms with Gasteiger partial charge in [-0.3, -0.25) is 0 Å². The molecule has 2 aromatic heterocycles. The minimum Gasteiger partial charge on any atom is -0.454 e. The fourth-order valence-electron chi connectivity index (χ4n) is 2.65. The predicted molar refractivity (Wildman–Crippen MR) is 81.0 cm³/mol. The smallest absolute Gasteiger partial charge is 0.231 e. The van der Waals surface area contributed by atoms with Crippen molar-refractivity contribution in [2.75, 3.05) is 6.79 Å². The van der Waals surface area contributed by atoms with Crippen molar-refractivity contribution in [1.82, 2.24) is 9.38 Å². The number of pyridine rings is 1. The highest BCUT2D eigenvalue weighted by Crippen LogP contribution is 2.38. The van der Waals surface area contributed by atoms with E-state index in [4.69, 9.17) is 26.1 Å². The average Bonchev–Trinajstić information content (AvgIpc) is 3.10. The lowest BCUT2D eigenvalue weighted by molar-refractivity contribution is 0.174. The highest BCUT2D eigenvalue weighted by Gasteiger charge is 2.20. The number of benzene rings is 1. The maximum absolute atomic E-state index is 6.38. The number of aromatic nitrogens is 2.